The number of nitrogens with one attached hydrogen (secondary N) is 1. The third-order valence-corrected chi connectivity index (χ3v) is 1.81. The van der Waals surface area contributed by atoms with Gasteiger partial charge < -0.3 is 14.8 Å². The molecule has 0 aliphatic carbocycles. The van der Waals surface area contributed by atoms with Crippen molar-refractivity contribution in [3.05, 3.63) is 0 Å². The smallest absolute Gasteiger partial charge is 0.0746 e. The molecule has 0 unspecified atom stereocenters. The number of hydrogen-bond acceptors (Lipinski definition) is 3. The molecule has 0 rings (SSSR count). The van der Waals surface area contributed by atoms with E-state index in [-0.39, 0.29) is 5.60 Å². The molecule has 0 fully saturated rings. The predicted octanol–water partition coefficient (Wildman–Crippen LogP) is 1.04. The van der Waals surface area contributed by atoms with Crippen LogP contribution in [0, 0.1) is 0 Å². The van der Waals surface area contributed by atoms with E-state index in [1.807, 2.05) is 0 Å². The average molecular weight is 175 g/mol. The van der Waals surface area contributed by atoms with Crippen LogP contribution < -0.4 is 5.32 Å². The van der Waals surface area contributed by atoms with Gasteiger partial charge in [0.25, 0.3) is 0 Å². The molecule has 0 heterocycles. The van der Waals surface area contributed by atoms with Gasteiger partial charge in [-0.1, -0.05) is 0 Å². The van der Waals surface area contributed by atoms with E-state index in [1.54, 1.807) is 14.2 Å². The van der Waals surface area contributed by atoms with Gasteiger partial charge >= 0.3 is 0 Å². The number of ether oxygens (including phenoxy) is 2. The van der Waals surface area contributed by atoms with Crippen LogP contribution in [0.4, 0.5) is 0 Å². The van der Waals surface area contributed by atoms with Gasteiger partial charge in [-0.3, -0.25) is 0 Å². The van der Waals surface area contributed by atoms with E-state index in [2.05, 4.69) is 19.2 Å². The number of hydrogen-bond donors (Lipinski definition) is 1. The standard InChI is InChI=1S/C9H21NO2/c1-9(2,12-4)8-10-6-5-7-11-3/h10H,5-8H2,1-4H3. The zero-order valence-electron chi connectivity index (χ0n) is 8.64. The third kappa shape index (κ3) is 6.58. The Morgan fingerprint density at radius 1 is 1.25 bits per heavy atom. The molecule has 0 bridgehead atoms. The highest BCUT2D eigenvalue weighted by atomic mass is 16.5. The van der Waals surface area contributed by atoms with Gasteiger partial charge in [-0.05, 0) is 26.8 Å². The molecule has 0 aliphatic heterocycles. The molecule has 3 nitrogen and oxygen atoms in total. The van der Waals surface area contributed by atoms with Gasteiger partial charge in [0.1, 0.15) is 0 Å². The first-order valence-corrected chi connectivity index (χ1v) is 4.37. The summed E-state index contributed by atoms with van der Waals surface area (Å²) in [5.74, 6) is 0. The van der Waals surface area contributed by atoms with E-state index in [0.29, 0.717) is 0 Å². The summed E-state index contributed by atoms with van der Waals surface area (Å²) in [6.45, 7) is 6.82. The summed E-state index contributed by atoms with van der Waals surface area (Å²) < 4.78 is 10.2. The monoisotopic (exact) mass is 175 g/mol. The summed E-state index contributed by atoms with van der Waals surface area (Å²) >= 11 is 0. The van der Waals surface area contributed by atoms with Crippen molar-refractivity contribution < 1.29 is 9.47 Å². The summed E-state index contributed by atoms with van der Waals surface area (Å²) in [5, 5.41) is 3.31. The fraction of sp³-hybridized carbons (Fsp3) is 1.00. The summed E-state index contributed by atoms with van der Waals surface area (Å²) in [7, 11) is 3.45. The Hall–Kier alpha value is -0.120. The first kappa shape index (κ1) is 11.9. The van der Waals surface area contributed by atoms with E-state index < -0.39 is 0 Å². The van der Waals surface area contributed by atoms with E-state index in [9.17, 15) is 0 Å². The van der Waals surface area contributed by atoms with Gasteiger partial charge in [0.05, 0.1) is 5.60 Å². The van der Waals surface area contributed by atoms with Crippen LogP contribution in [0.15, 0.2) is 0 Å². The predicted molar refractivity (Wildman–Crippen MR) is 50.5 cm³/mol. The minimum atomic E-state index is -0.0624. The van der Waals surface area contributed by atoms with Crippen molar-refractivity contribution in [1.82, 2.24) is 5.32 Å². The van der Waals surface area contributed by atoms with Gasteiger partial charge in [0.15, 0.2) is 0 Å². The zero-order valence-corrected chi connectivity index (χ0v) is 8.64. The summed E-state index contributed by atoms with van der Waals surface area (Å²) in [5.41, 5.74) is -0.0624. The second kappa shape index (κ2) is 6.40. The molecule has 0 aliphatic rings. The summed E-state index contributed by atoms with van der Waals surface area (Å²) in [6, 6.07) is 0. The number of methoxy groups -OCH3 is 2. The molecule has 0 atom stereocenters. The molecule has 3 heteroatoms. The average Bonchev–Trinajstić information content (AvgIpc) is 2.04. The van der Waals surface area contributed by atoms with Crippen LogP contribution >= 0.6 is 0 Å². The Bertz CT molecular complexity index is 105. The fourth-order valence-corrected chi connectivity index (χ4v) is 0.803. The van der Waals surface area contributed by atoms with Crippen LogP contribution in [0.5, 0.6) is 0 Å². The highest BCUT2D eigenvalue weighted by Crippen LogP contribution is 2.04. The topological polar surface area (TPSA) is 30.5 Å². The maximum atomic E-state index is 5.25. The van der Waals surface area contributed by atoms with E-state index in [1.165, 1.54) is 0 Å². The molecule has 0 spiro atoms. The molecular weight excluding hydrogens is 154 g/mol. The van der Waals surface area contributed by atoms with Gasteiger partial charge in [0, 0.05) is 27.4 Å². The lowest BCUT2D eigenvalue weighted by Crippen LogP contribution is -2.37. The Kier molecular flexibility index (Phi) is 6.34. The Balaban J connectivity index is 3.19. The first-order valence-electron chi connectivity index (χ1n) is 4.37. The van der Waals surface area contributed by atoms with Crippen LogP contribution in [-0.4, -0.2) is 39.5 Å². The Morgan fingerprint density at radius 2 is 1.92 bits per heavy atom. The molecule has 1 N–H and O–H groups in total. The third-order valence-electron chi connectivity index (χ3n) is 1.81. The summed E-state index contributed by atoms with van der Waals surface area (Å²) in [6.07, 6.45) is 1.05. The highest BCUT2D eigenvalue weighted by Gasteiger charge is 2.14. The molecule has 0 saturated carbocycles. The van der Waals surface area contributed by atoms with E-state index in [0.717, 1.165) is 26.1 Å². The molecule has 0 aromatic heterocycles. The van der Waals surface area contributed by atoms with Crippen molar-refractivity contribution >= 4 is 0 Å². The molecule has 12 heavy (non-hydrogen) atoms. The van der Waals surface area contributed by atoms with Crippen molar-refractivity contribution in [2.75, 3.05) is 33.9 Å². The van der Waals surface area contributed by atoms with Crippen molar-refractivity contribution in [3.8, 4) is 0 Å². The maximum Gasteiger partial charge on any atom is 0.0746 e. The normalized spacial score (nSPS) is 12.0. The van der Waals surface area contributed by atoms with Crippen LogP contribution in [-0.2, 0) is 9.47 Å². The molecule has 0 saturated heterocycles. The molecule has 0 radical (unpaired) electrons. The minimum absolute atomic E-state index is 0.0624. The SMILES string of the molecule is COCCCNCC(C)(C)OC. The largest absolute Gasteiger partial charge is 0.385 e. The fourth-order valence-electron chi connectivity index (χ4n) is 0.803. The van der Waals surface area contributed by atoms with E-state index in [4.69, 9.17) is 9.47 Å². The lowest BCUT2D eigenvalue weighted by atomic mass is 10.1. The van der Waals surface area contributed by atoms with Gasteiger partial charge in [0.2, 0.25) is 0 Å². The van der Waals surface area contributed by atoms with Crippen molar-refractivity contribution in [3.63, 3.8) is 0 Å². The van der Waals surface area contributed by atoms with Crippen LogP contribution in [0.3, 0.4) is 0 Å². The van der Waals surface area contributed by atoms with E-state index >= 15 is 0 Å². The van der Waals surface area contributed by atoms with Gasteiger partial charge in [-0.2, -0.15) is 0 Å². The second-order valence-corrected chi connectivity index (χ2v) is 3.49. The molecule has 0 amide bonds. The van der Waals surface area contributed by atoms with Crippen molar-refractivity contribution in [1.29, 1.82) is 0 Å². The van der Waals surface area contributed by atoms with Crippen LogP contribution in [0.2, 0.25) is 0 Å². The minimum Gasteiger partial charge on any atom is -0.385 e. The van der Waals surface area contributed by atoms with Gasteiger partial charge in [-0.25, -0.2) is 0 Å². The van der Waals surface area contributed by atoms with Crippen LogP contribution in [0.25, 0.3) is 0 Å². The van der Waals surface area contributed by atoms with Crippen molar-refractivity contribution in [2.24, 2.45) is 0 Å². The highest BCUT2D eigenvalue weighted by molar-refractivity contribution is 4.70. The molecule has 0 aromatic carbocycles. The van der Waals surface area contributed by atoms with Crippen molar-refractivity contribution in [2.45, 2.75) is 25.9 Å². The maximum absolute atomic E-state index is 5.25. The Labute approximate surface area is 75.4 Å². The summed E-state index contributed by atoms with van der Waals surface area (Å²) in [4.78, 5) is 0. The first-order chi connectivity index (χ1) is 5.62. The molecule has 74 valence electrons. The van der Waals surface area contributed by atoms with Crippen LogP contribution in [0.1, 0.15) is 20.3 Å². The molecular formula is C9H21NO2. The lowest BCUT2D eigenvalue weighted by molar-refractivity contribution is 0.0231. The Morgan fingerprint density at radius 3 is 2.42 bits per heavy atom. The second-order valence-electron chi connectivity index (χ2n) is 3.49. The van der Waals surface area contributed by atoms with Gasteiger partial charge in [-0.15, -0.1) is 0 Å². The molecule has 0 aromatic rings. The quantitative estimate of drug-likeness (QED) is 0.586. The zero-order chi connectivity index (χ0) is 9.45. The lowest BCUT2D eigenvalue weighted by Gasteiger charge is -2.23. The number of rotatable bonds is 7.